The van der Waals surface area contributed by atoms with Crippen LogP contribution in [0.2, 0.25) is 0 Å². The summed E-state index contributed by atoms with van der Waals surface area (Å²) in [5.41, 5.74) is 5.90. The number of hydrogen-bond acceptors (Lipinski definition) is 3. The summed E-state index contributed by atoms with van der Waals surface area (Å²) in [6.07, 6.45) is 3.88. The molecule has 0 N–H and O–H groups in total. The second kappa shape index (κ2) is 10.3. The fourth-order valence-electron chi connectivity index (χ4n) is 3.51. The van der Waals surface area contributed by atoms with Crippen LogP contribution in [0, 0.1) is 22.7 Å². The standard InChI is InChI=1S/C27H26N2O/c1-3-5-6-22-13-16-25(27(19-29)26(22)18-28)23-9-7-20(8-10-23)21-11-14-24(15-12-21)30-17-4-2/h7-16H,3-6,17H2,1-2H3. The van der Waals surface area contributed by atoms with E-state index in [1.54, 1.807) is 0 Å². The van der Waals surface area contributed by atoms with Crippen molar-refractivity contribution in [2.75, 3.05) is 6.61 Å². The van der Waals surface area contributed by atoms with Crippen LogP contribution in [0.4, 0.5) is 0 Å². The number of aryl methyl sites for hydroxylation is 1. The van der Waals surface area contributed by atoms with E-state index in [1.807, 2.05) is 36.4 Å². The zero-order valence-corrected chi connectivity index (χ0v) is 17.6. The average molecular weight is 395 g/mol. The first-order chi connectivity index (χ1) is 14.7. The van der Waals surface area contributed by atoms with Gasteiger partial charge in [-0.3, -0.25) is 0 Å². The summed E-state index contributed by atoms with van der Waals surface area (Å²) < 4.78 is 5.65. The van der Waals surface area contributed by atoms with Gasteiger partial charge in [-0.25, -0.2) is 0 Å². The summed E-state index contributed by atoms with van der Waals surface area (Å²) in [5, 5.41) is 19.4. The van der Waals surface area contributed by atoms with Crippen molar-refractivity contribution in [3.8, 4) is 40.1 Å². The SMILES string of the molecule is CCCCc1ccc(-c2ccc(-c3ccc(OCCC)cc3)cc2)c(C#N)c1C#N. The number of nitriles is 2. The minimum absolute atomic E-state index is 0.469. The number of unbranched alkanes of at least 4 members (excludes halogenated alkanes) is 1. The highest BCUT2D eigenvalue weighted by atomic mass is 16.5. The lowest BCUT2D eigenvalue weighted by molar-refractivity contribution is 0.317. The quantitative estimate of drug-likeness (QED) is 0.418. The van der Waals surface area contributed by atoms with E-state index in [-0.39, 0.29) is 0 Å². The van der Waals surface area contributed by atoms with Crippen LogP contribution in [-0.2, 0) is 6.42 Å². The van der Waals surface area contributed by atoms with Crippen LogP contribution in [0.5, 0.6) is 5.75 Å². The normalized spacial score (nSPS) is 10.3. The van der Waals surface area contributed by atoms with Gasteiger partial charge in [0, 0.05) is 5.56 Å². The van der Waals surface area contributed by atoms with Crippen molar-refractivity contribution in [2.45, 2.75) is 39.5 Å². The van der Waals surface area contributed by atoms with E-state index in [1.165, 1.54) is 0 Å². The minimum Gasteiger partial charge on any atom is -0.494 e. The monoisotopic (exact) mass is 394 g/mol. The molecule has 0 aliphatic rings. The van der Waals surface area contributed by atoms with Crippen LogP contribution < -0.4 is 4.74 Å². The molecule has 0 fully saturated rings. The molecular weight excluding hydrogens is 368 g/mol. The van der Waals surface area contributed by atoms with Gasteiger partial charge in [-0.05, 0) is 53.6 Å². The molecule has 0 saturated carbocycles. The Hall–Kier alpha value is -3.56. The topological polar surface area (TPSA) is 56.8 Å². The van der Waals surface area contributed by atoms with Gasteiger partial charge in [-0.1, -0.05) is 68.8 Å². The molecular formula is C27H26N2O. The molecule has 0 aliphatic heterocycles. The minimum atomic E-state index is 0.469. The number of nitrogens with zero attached hydrogens (tertiary/aromatic N) is 2. The Bertz CT molecular complexity index is 1070. The summed E-state index contributed by atoms with van der Waals surface area (Å²) in [6.45, 7) is 4.93. The highest BCUT2D eigenvalue weighted by molar-refractivity contribution is 5.77. The van der Waals surface area contributed by atoms with Crippen LogP contribution in [0.25, 0.3) is 22.3 Å². The highest BCUT2D eigenvalue weighted by Crippen LogP contribution is 2.31. The summed E-state index contributed by atoms with van der Waals surface area (Å²) in [4.78, 5) is 0. The predicted octanol–water partition coefficient (Wildman–Crippen LogP) is 6.90. The molecule has 0 unspecified atom stereocenters. The summed E-state index contributed by atoms with van der Waals surface area (Å²) in [6, 6.07) is 24.7. The Labute approximate surface area is 179 Å². The molecule has 0 atom stereocenters. The van der Waals surface area contributed by atoms with Crippen LogP contribution in [0.3, 0.4) is 0 Å². The van der Waals surface area contributed by atoms with Crippen LogP contribution in [0.1, 0.15) is 49.8 Å². The summed E-state index contributed by atoms with van der Waals surface area (Å²) in [5.74, 6) is 0.878. The maximum absolute atomic E-state index is 9.75. The van der Waals surface area contributed by atoms with Crippen molar-refractivity contribution in [1.82, 2.24) is 0 Å². The lowest BCUT2D eigenvalue weighted by atomic mass is 9.90. The third-order valence-electron chi connectivity index (χ3n) is 5.17. The van der Waals surface area contributed by atoms with E-state index in [0.29, 0.717) is 11.1 Å². The Balaban J connectivity index is 1.89. The third kappa shape index (κ3) is 4.70. The molecule has 0 radical (unpaired) electrons. The zero-order valence-electron chi connectivity index (χ0n) is 17.6. The largest absolute Gasteiger partial charge is 0.494 e. The van der Waals surface area contributed by atoms with Gasteiger partial charge in [0.15, 0.2) is 0 Å². The van der Waals surface area contributed by atoms with E-state index in [0.717, 1.165) is 65.9 Å². The van der Waals surface area contributed by atoms with E-state index < -0.39 is 0 Å². The smallest absolute Gasteiger partial charge is 0.119 e. The molecule has 30 heavy (non-hydrogen) atoms. The van der Waals surface area contributed by atoms with Gasteiger partial charge < -0.3 is 4.74 Å². The molecule has 0 heterocycles. The molecule has 0 amide bonds. The fourth-order valence-corrected chi connectivity index (χ4v) is 3.51. The van der Waals surface area contributed by atoms with Gasteiger partial charge in [0.2, 0.25) is 0 Å². The van der Waals surface area contributed by atoms with Crippen molar-refractivity contribution >= 4 is 0 Å². The van der Waals surface area contributed by atoms with Crippen molar-refractivity contribution in [3.05, 3.63) is 77.4 Å². The Morgan fingerprint density at radius 1 is 0.700 bits per heavy atom. The molecule has 3 rings (SSSR count). The molecule has 0 saturated heterocycles. The van der Waals surface area contributed by atoms with Gasteiger partial charge in [0.25, 0.3) is 0 Å². The first-order valence-electron chi connectivity index (χ1n) is 10.5. The Kier molecular flexibility index (Phi) is 7.25. The third-order valence-corrected chi connectivity index (χ3v) is 5.17. The van der Waals surface area contributed by atoms with E-state index in [9.17, 15) is 10.5 Å². The van der Waals surface area contributed by atoms with Crippen molar-refractivity contribution in [3.63, 3.8) is 0 Å². The van der Waals surface area contributed by atoms with Gasteiger partial charge in [0.1, 0.15) is 17.9 Å². The molecule has 3 aromatic rings. The zero-order chi connectivity index (χ0) is 21.3. The lowest BCUT2D eigenvalue weighted by Gasteiger charge is -2.11. The van der Waals surface area contributed by atoms with Gasteiger partial charge in [-0.2, -0.15) is 10.5 Å². The van der Waals surface area contributed by atoms with E-state index >= 15 is 0 Å². The summed E-state index contributed by atoms with van der Waals surface area (Å²) in [7, 11) is 0. The maximum atomic E-state index is 9.75. The van der Waals surface area contributed by atoms with Crippen molar-refractivity contribution < 1.29 is 4.74 Å². The molecule has 3 heteroatoms. The van der Waals surface area contributed by atoms with Crippen molar-refractivity contribution in [2.24, 2.45) is 0 Å². The van der Waals surface area contributed by atoms with Crippen molar-refractivity contribution in [1.29, 1.82) is 10.5 Å². The second-order valence-corrected chi connectivity index (χ2v) is 7.30. The molecule has 3 nitrogen and oxygen atoms in total. The Morgan fingerprint density at radius 2 is 1.30 bits per heavy atom. The molecule has 3 aromatic carbocycles. The molecule has 0 bridgehead atoms. The number of benzene rings is 3. The van der Waals surface area contributed by atoms with Gasteiger partial charge in [-0.15, -0.1) is 0 Å². The number of rotatable bonds is 8. The highest BCUT2D eigenvalue weighted by Gasteiger charge is 2.14. The van der Waals surface area contributed by atoms with Gasteiger partial charge >= 0.3 is 0 Å². The number of ether oxygens (including phenoxy) is 1. The number of hydrogen-bond donors (Lipinski definition) is 0. The maximum Gasteiger partial charge on any atom is 0.119 e. The van der Waals surface area contributed by atoms with Crippen LogP contribution in [0.15, 0.2) is 60.7 Å². The van der Waals surface area contributed by atoms with Gasteiger partial charge in [0.05, 0.1) is 17.7 Å². The first kappa shape index (κ1) is 21.2. The first-order valence-corrected chi connectivity index (χ1v) is 10.5. The van der Waals surface area contributed by atoms with Crippen LogP contribution in [-0.4, -0.2) is 6.61 Å². The lowest BCUT2D eigenvalue weighted by Crippen LogP contribution is -1.97. The van der Waals surface area contributed by atoms with E-state index in [2.05, 4.69) is 50.3 Å². The molecule has 0 aromatic heterocycles. The Morgan fingerprint density at radius 3 is 1.87 bits per heavy atom. The molecule has 0 aliphatic carbocycles. The molecule has 0 spiro atoms. The summed E-state index contributed by atoms with van der Waals surface area (Å²) >= 11 is 0. The predicted molar refractivity (Wildman–Crippen MR) is 121 cm³/mol. The molecule has 150 valence electrons. The van der Waals surface area contributed by atoms with Crippen LogP contribution >= 0.6 is 0 Å². The average Bonchev–Trinajstić information content (AvgIpc) is 2.81. The van der Waals surface area contributed by atoms with E-state index in [4.69, 9.17) is 4.74 Å². The second-order valence-electron chi connectivity index (χ2n) is 7.30. The fraction of sp³-hybridized carbons (Fsp3) is 0.259.